The van der Waals surface area contributed by atoms with Gasteiger partial charge in [-0.2, -0.15) is 0 Å². The minimum atomic E-state index is -0.479. The van der Waals surface area contributed by atoms with Crippen LogP contribution < -0.4 is 5.32 Å². The molecule has 1 aromatic rings. The lowest BCUT2D eigenvalue weighted by Crippen LogP contribution is -2.57. The highest BCUT2D eigenvalue weighted by molar-refractivity contribution is 5.82. The van der Waals surface area contributed by atoms with Crippen molar-refractivity contribution in [2.75, 3.05) is 39.3 Å². The van der Waals surface area contributed by atoms with Crippen LogP contribution in [0.15, 0.2) is 29.3 Å². The first kappa shape index (κ1) is 21.9. The zero-order valence-electron chi connectivity index (χ0n) is 18.9. The second kappa shape index (κ2) is 9.04. The summed E-state index contributed by atoms with van der Waals surface area (Å²) in [5.41, 5.74) is 2.06. The number of hydrogen-bond acceptors (Lipinski definition) is 7. The number of piperazine rings is 1. The number of ether oxygens (including phenoxy) is 1. The summed E-state index contributed by atoms with van der Waals surface area (Å²) in [5, 5.41) is 13.3. The number of aliphatic hydroxyl groups is 1. The summed E-state index contributed by atoms with van der Waals surface area (Å²) in [6, 6.07) is 8.66. The number of likely N-dealkylation sites (tertiary alicyclic amines) is 1. The number of amides is 1. The van der Waals surface area contributed by atoms with Crippen molar-refractivity contribution in [3.63, 3.8) is 0 Å². The maximum Gasteiger partial charge on any atom is 0.410 e. The molecule has 2 atom stereocenters. The highest BCUT2D eigenvalue weighted by Crippen LogP contribution is 2.20. The molecule has 2 N–H and O–H groups in total. The zero-order valence-corrected chi connectivity index (χ0v) is 18.9. The second-order valence-corrected chi connectivity index (χ2v) is 9.74. The third kappa shape index (κ3) is 5.49. The Labute approximate surface area is 184 Å². The van der Waals surface area contributed by atoms with Crippen LogP contribution in [0.2, 0.25) is 0 Å². The van der Waals surface area contributed by atoms with E-state index in [0.29, 0.717) is 26.2 Å². The highest BCUT2D eigenvalue weighted by atomic mass is 16.6. The first-order valence-electron chi connectivity index (χ1n) is 11.3. The van der Waals surface area contributed by atoms with Crippen molar-refractivity contribution in [1.29, 1.82) is 0 Å². The topological polar surface area (TPSA) is 80.6 Å². The van der Waals surface area contributed by atoms with Gasteiger partial charge < -0.3 is 25.0 Å². The molecule has 0 bridgehead atoms. The molecule has 3 heterocycles. The van der Waals surface area contributed by atoms with Crippen molar-refractivity contribution in [3.05, 3.63) is 35.4 Å². The number of benzene rings is 1. The smallest absolute Gasteiger partial charge is 0.410 e. The number of aliphatic imine (C=N–C) groups is 1. The lowest BCUT2D eigenvalue weighted by atomic mass is 10.1. The molecule has 2 unspecified atom stereocenters. The van der Waals surface area contributed by atoms with Gasteiger partial charge in [0.2, 0.25) is 0 Å². The average molecular weight is 430 g/mol. The monoisotopic (exact) mass is 429 g/mol. The lowest BCUT2D eigenvalue weighted by Gasteiger charge is -2.39. The molecule has 170 valence electrons. The number of hydrogen-bond donors (Lipinski definition) is 2. The SMILES string of the molecule is CC(C)(C)OC(=O)N1CCN2C(NCc3ccccc3CN3CCC(O)C3)=NCC2C1. The molecule has 0 radical (unpaired) electrons. The van der Waals surface area contributed by atoms with E-state index < -0.39 is 5.60 Å². The summed E-state index contributed by atoms with van der Waals surface area (Å²) < 4.78 is 5.53. The van der Waals surface area contributed by atoms with E-state index in [1.807, 2.05) is 20.8 Å². The fourth-order valence-electron chi connectivity index (χ4n) is 4.48. The van der Waals surface area contributed by atoms with E-state index in [1.54, 1.807) is 4.90 Å². The van der Waals surface area contributed by atoms with E-state index >= 15 is 0 Å². The summed E-state index contributed by atoms with van der Waals surface area (Å²) in [7, 11) is 0. The number of fused-ring (bicyclic) bond motifs is 1. The molecule has 0 aromatic heterocycles. The first-order chi connectivity index (χ1) is 14.8. The predicted molar refractivity (Wildman–Crippen MR) is 120 cm³/mol. The quantitative estimate of drug-likeness (QED) is 0.757. The van der Waals surface area contributed by atoms with Crippen molar-refractivity contribution in [2.45, 2.75) is 58.0 Å². The molecule has 1 aromatic carbocycles. The van der Waals surface area contributed by atoms with Gasteiger partial charge >= 0.3 is 6.09 Å². The zero-order chi connectivity index (χ0) is 22.0. The number of guanidine groups is 1. The van der Waals surface area contributed by atoms with E-state index in [0.717, 1.165) is 38.6 Å². The summed E-state index contributed by atoms with van der Waals surface area (Å²) in [4.78, 5) is 23.5. The Bertz CT molecular complexity index is 822. The Balaban J connectivity index is 1.31. The van der Waals surface area contributed by atoms with E-state index in [1.165, 1.54) is 11.1 Å². The maximum atomic E-state index is 12.4. The van der Waals surface area contributed by atoms with Gasteiger partial charge in [0.15, 0.2) is 5.96 Å². The molecule has 0 aliphatic carbocycles. The van der Waals surface area contributed by atoms with E-state index in [4.69, 9.17) is 9.73 Å². The van der Waals surface area contributed by atoms with Gasteiger partial charge in [0.1, 0.15) is 5.60 Å². The van der Waals surface area contributed by atoms with Crippen LogP contribution in [-0.2, 0) is 17.8 Å². The van der Waals surface area contributed by atoms with Crippen molar-refractivity contribution in [1.82, 2.24) is 20.0 Å². The van der Waals surface area contributed by atoms with Gasteiger partial charge in [-0.05, 0) is 38.3 Å². The van der Waals surface area contributed by atoms with Crippen molar-refractivity contribution in [3.8, 4) is 0 Å². The maximum absolute atomic E-state index is 12.4. The Kier molecular flexibility index (Phi) is 6.39. The van der Waals surface area contributed by atoms with Crippen molar-refractivity contribution < 1.29 is 14.6 Å². The molecule has 3 aliphatic rings. The number of β-amino-alcohol motifs (C(OH)–C–C–N with tert-alkyl or cyclic N) is 1. The minimum Gasteiger partial charge on any atom is -0.444 e. The fourth-order valence-corrected chi connectivity index (χ4v) is 4.48. The number of aliphatic hydroxyl groups excluding tert-OH is 1. The summed E-state index contributed by atoms with van der Waals surface area (Å²) in [6.07, 6.45) is 0.414. The molecule has 2 fully saturated rings. The van der Waals surface area contributed by atoms with Gasteiger partial charge in [-0.3, -0.25) is 9.89 Å². The molecular weight excluding hydrogens is 394 g/mol. The van der Waals surface area contributed by atoms with Gasteiger partial charge in [0.25, 0.3) is 0 Å². The Morgan fingerprint density at radius 2 is 1.97 bits per heavy atom. The fraction of sp³-hybridized carbons (Fsp3) is 0.652. The largest absolute Gasteiger partial charge is 0.444 e. The van der Waals surface area contributed by atoms with Gasteiger partial charge in [0, 0.05) is 45.8 Å². The van der Waals surface area contributed by atoms with Crippen LogP contribution in [0, 0.1) is 0 Å². The average Bonchev–Trinajstić information content (AvgIpc) is 3.31. The van der Waals surface area contributed by atoms with E-state index in [9.17, 15) is 9.90 Å². The molecule has 1 amide bonds. The van der Waals surface area contributed by atoms with Crippen LogP contribution in [-0.4, -0.2) is 88.9 Å². The van der Waals surface area contributed by atoms with Crippen LogP contribution in [0.1, 0.15) is 38.3 Å². The van der Waals surface area contributed by atoms with Crippen LogP contribution >= 0.6 is 0 Å². The molecule has 3 aliphatic heterocycles. The van der Waals surface area contributed by atoms with Gasteiger partial charge in [-0.15, -0.1) is 0 Å². The van der Waals surface area contributed by atoms with Crippen molar-refractivity contribution in [2.24, 2.45) is 4.99 Å². The van der Waals surface area contributed by atoms with Crippen LogP contribution in [0.5, 0.6) is 0 Å². The summed E-state index contributed by atoms with van der Waals surface area (Å²) in [6.45, 7) is 11.7. The second-order valence-electron chi connectivity index (χ2n) is 9.74. The third-order valence-electron chi connectivity index (χ3n) is 6.06. The predicted octanol–water partition coefficient (Wildman–Crippen LogP) is 1.63. The van der Waals surface area contributed by atoms with E-state index in [-0.39, 0.29) is 18.2 Å². The number of rotatable bonds is 4. The Hall–Kier alpha value is -2.32. The molecule has 2 saturated heterocycles. The Morgan fingerprint density at radius 3 is 2.68 bits per heavy atom. The molecule has 8 nitrogen and oxygen atoms in total. The molecular formula is C23H35N5O3. The number of nitrogens with zero attached hydrogens (tertiary/aromatic N) is 4. The van der Waals surface area contributed by atoms with Crippen LogP contribution in [0.3, 0.4) is 0 Å². The normalized spacial score (nSPS) is 24.2. The van der Waals surface area contributed by atoms with Gasteiger partial charge in [-0.25, -0.2) is 4.79 Å². The highest BCUT2D eigenvalue weighted by Gasteiger charge is 2.36. The van der Waals surface area contributed by atoms with Crippen LogP contribution in [0.4, 0.5) is 4.79 Å². The summed E-state index contributed by atoms with van der Waals surface area (Å²) >= 11 is 0. The van der Waals surface area contributed by atoms with Crippen LogP contribution in [0.25, 0.3) is 0 Å². The minimum absolute atomic E-state index is 0.199. The Morgan fingerprint density at radius 1 is 1.19 bits per heavy atom. The molecule has 31 heavy (non-hydrogen) atoms. The first-order valence-corrected chi connectivity index (χ1v) is 11.3. The summed E-state index contributed by atoms with van der Waals surface area (Å²) in [5.74, 6) is 0.917. The molecule has 4 rings (SSSR count). The van der Waals surface area contributed by atoms with E-state index in [2.05, 4.69) is 39.4 Å². The van der Waals surface area contributed by atoms with Gasteiger partial charge in [-0.1, -0.05) is 24.3 Å². The number of carbonyl (C=O) groups is 1. The lowest BCUT2D eigenvalue weighted by molar-refractivity contribution is 0.0137. The molecule has 0 saturated carbocycles. The molecule has 0 spiro atoms. The third-order valence-corrected chi connectivity index (χ3v) is 6.06. The van der Waals surface area contributed by atoms with Gasteiger partial charge in [0.05, 0.1) is 18.7 Å². The van der Waals surface area contributed by atoms with Crippen molar-refractivity contribution >= 4 is 12.1 Å². The number of nitrogens with one attached hydrogen (secondary N) is 1. The standard InChI is InChI=1S/C23H35N5O3/c1-23(2,3)31-22(30)27-10-11-28-19(15-27)13-25-21(28)24-12-17-6-4-5-7-18(17)14-26-9-8-20(29)16-26/h4-7,19-20,29H,8-16H2,1-3H3,(H,24,25). The number of carbonyl (C=O) groups excluding carboxylic acids is 1. The molecule has 8 heteroatoms.